The van der Waals surface area contributed by atoms with Crippen LogP contribution in [0.25, 0.3) is 0 Å². The van der Waals surface area contributed by atoms with Crippen LogP contribution in [-0.4, -0.2) is 11.8 Å². The molecule has 3 nitrogen and oxygen atoms in total. The van der Waals surface area contributed by atoms with E-state index < -0.39 is 0 Å². The molecule has 1 aliphatic heterocycles. The molecular formula is C18H16ClNO2. The van der Waals surface area contributed by atoms with Gasteiger partial charge < -0.3 is 0 Å². The summed E-state index contributed by atoms with van der Waals surface area (Å²) >= 11 is 5.97. The van der Waals surface area contributed by atoms with Gasteiger partial charge in [-0.2, -0.15) is 0 Å². The summed E-state index contributed by atoms with van der Waals surface area (Å²) in [6.07, 6.45) is 1.52. The smallest absolute Gasteiger partial charge is 0.266 e. The van der Waals surface area contributed by atoms with E-state index in [-0.39, 0.29) is 11.8 Å². The maximum absolute atomic E-state index is 12.7. The van der Waals surface area contributed by atoms with Crippen molar-refractivity contribution >= 4 is 29.1 Å². The number of aryl methyl sites for hydroxylation is 2. The molecule has 0 aliphatic carbocycles. The normalized spacial score (nSPS) is 13.7. The van der Waals surface area contributed by atoms with Crippen molar-refractivity contribution in [2.24, 2.45) is 0 Å². The molecule has 0 fully saturated rings. The third-order valence-corrected chi connectivity index (χ3v) is 4.27. The van der Waals surface area contributed by atoms with E-state index in [1.807, 2.05) is 32.0 Å². The van der Waals surface area contributed by atoms with Crippen LogP contribution < -0.4 is 4.90 Å². The molecule has 4 heteroatoms. The quantitative estimate of drug-likeness (QED) is 0.794. The van der Waals surface area contributed by atoms with Gasteiger partial charge in [0.2, 0.25) is 0 Å². The molecular weight excluding hydrogens is 298 g/mol. The molecule has 0 N–H and O–H groups in total. The number of hydrogen-bond donors (Lipinski definition) is 0. The Hall–Kier alpha value is -2.13. The van der Waals surface area contributed by atoms with Crippen molar-refractivity contribution in [1.82, 2.24) is 0 Å². The Labute approximate surface area is 134 Å². The lowest BCUT2D eigenvalue weighted by Gasteiger charge is -2.21. The van der Waals surface area contributed by atoms with Gasteiger partial charge in [0.25, 0.3) is 11.8 Å². The zero-order valence-electron chi connectivity index (χ0n) is 12.5. The lowest BCUT2D eigenvalue weighted by atomic mass is 10.0. The Kier molecular flexibility index (Phi) is 3.75. The van der Waals surface area contributed by atoms with Gasteiger partial charge >= 0.3 is 0 Å². The van der Waals surface area contributed by atoms with Crippen LogP contribution in [-0.2, 0) is 12.8 Å². The largest absolute Gasteiger partial charge is 0.268 e. The van der Waals surface area contributed by atoms with Gasteiger partial charge in [0.05, 0.1) is 16.8 Å². The molecule has 0 radical (unpaired) electrons. The highest BCUT2D eigenvalue weighted by atomic mass is 35.5. The number of imide groups is 1. The zero-order valence-corrected chi connectivity index (χ0v) is 13.3. The minimum atomic E-state index is -0.293. The molecule has 22 heavy (non-hydrogen) atoms. The average molecular weight is 314 g/mol. The lowest BCUT2D eigenvalue weighted by Crippen LogP contribution is -2.31. The number of rotatable bonds is 3. The molecule has 0 aromatic heterocycles. The Morgan fingerprint density at radius 3 is 2.09 bits per heavy atom. The van der Waals surface area contributed by atoms with Gasteiger partial charge in [-0.05, 0) is 42.2 Å². The number of hydrogen-bond acceptors (Lipinski definition) is 2. The molecule has 3 rings (SSSR count). The summed E-state index contributed by atoms with van der Waals surface area (Å²) in [5.74, 6) is -0.564. The number of carbonyl (C=O) groups is 2. The second-order valence-corrected chi connectivity index (χ2v) is 5.70. The molecule has 1 aliphatic rings. The second-order valence-electron chi connectivity index (χ2n) is 5.27. The maximum Gasteiger partial charge on any atom is 0.266 e. The van der Waals surface area contributed by atoms with E-state index in [1.54, 1.807) is 18.2 Å². The van der Waals surface area contributed by atoms with Crippen molar-refractivity contribution in [1.29, 1.82) is 0 Å². The predicted octanol–water partition coefficient (Wildman–Crippen LogP) is 4.27. The molecule has 2 aromatic carbocycles. The monoisotopic (exact) mass is 313 g/mol. The van der Waals surface area contributed by atoms with Crippen LogP contribution in [0.1, 0.15) is 45.7 Å². The van der Waals surface area contributed by atoms with E-state index in [0.29, 0.717) is 16.1 Å². The molecule has 0 unspecified atom stereocenters. The van der Waals surface area contributed by atoms with Gasteiger partial charge in [0, 0.05) is 5.02 Å². The summed E-state index contributed by atoms with van der Waals surface area (Å²) in [6, 6.07) is 10.7. The van der Waals surface area contributed by atoms with Crippen LogP contribution in [0.2, 0.25) is 5.02 Å². The van der Waals surface area contributed by atoms with E-state index in [4.69, 9.17) is 11.6 Å². The standard InChI is InChI=1S/C18H16ClNO2/c1-3-11-6-5-7-12(4-2)16(11)20-17(21)14-9-8-13(19)10-15(14)18(20)22/h5-10H,3-4H2,1-2H3. The molecule has 2 aromatic rings. The number of carbonyl (C=O) groups excluding carboxylic acids is 2. The molecule has 1 heterocycles. The highest BCUT2D eigenvalue weighted by molar-refractivity contribution is 6.37. The SMILES string of the molecule is CCc1cccc(CC)c1N1C(=O)c2ccc(Cl)cc2C1=O. The number of nitrogens with zero attached hydrogens (tertiary/aromatic N) is 1. The molecule has 112 valence electrons. The molecule has 2 amide bonds. The summed E-state index contributed by atoms with van der Waals surface area (Å²) in [4.78, 5) is 26.8. The Morgan fingerprint density at radius 1 is 0.909 bits per heavy atom. The molecule has 0 atom stereocenters. The van der Waals surface area contributed by atoms with Crippen molar-refractivity contribution in [2.45, 2.75) is 26.7 Å². The highest BCUT2D eigenvalue weighted by Crippen LogP contribution is 2.35. The van der Waals surface area contributed by atoms with Crippen molar-refractivity contribution < 1.29 is 9.59 Å². The topological polar surface area (TPSA) is 37.4 Å². The van der Waals surface area contributed by atoms with Crippen LogP contribution in [0.15, 0.2) is 36.4 Å². The van der Waals surface area contributed by atoms with Crippen molar-refractivity contribution in [2.75, 3.05) is 4.90 Å². The number of benzene rings is 2. The summed E-state index contributed by atoms with van der Waals surface area (Å²) in [5.41, 5.74) is 3.53. The second kappa shape index (κ2) is 5.58. The Bertz CT molecular complexity index is 760. The first-order valence-electron chi connectivity index (χ1n) is 7.37. The number of anilines is 1. The first-order valence-corrected chi connectivity index (χ1v) is 7.75. The van der Waals surface area contributed by atoms with Crippen LogP contribution in [0, 0.1) is 0 Å². The lowest BCUT2D eigenvalue weighted by molar-refractivity contribution is 0.0925. The number of halogens is 1. The van der Waals surface area contributed by atoms with E-state index in [0.717, 1.165) is 29.7 Å². The molecule has 0 spiro atoms. The predicted molar refractivity (Wildman–Crippen MR) is 87.8 cm³/mol. The van der Waals surface area contributed by atoms with Gasteiger partial charge in [0.1, 0.15) is 0 Å². The van der Waals surface area contributed by atoms with Crippen molar-refractivity contribution in [3.05, 3.63) is 63.7 Å². The summed E-state index contributed by atoms with van der Waals surface area (Å²) in [5, 5.41) is 0.459. The van der Waals surface area contributed by atoms with Crippen molar-refractivity contribution in [3.63, 3.8) is 0 Å². The molecule has 0 saturated carbocycles. The third-order valence-electron chi connectivity index (χ3n) is 4.04. The van der Waals surface area contributed by atoms with Gasteiger partial charge in [-0.1, -0.05) is 43.6 Å². The average Bonchev–Trinajstić information content (AvgIpc) is 2.77. The Balaban J connectivity index is 2.20. The Morgan fingerprint density at radius 2 is 1.50 bits per heavy atom. The summed E-state index contributed by atoms with van der Waals surface area (Å²) < 4.78 is 0. The zero-order chi connectivity index (χ0) is 15.9. The van der Waals surface area contributed by atoms with Crippen LogP contribution in [0.4, 0.5) is 5.69 Å². The first-order chi connectivity index (χ1) is 10.6. The van der Waals surface area contributed by atoms with E-state index in [2.05, 4.69) is 0 Å². The van der Waals surface area contributed by atoms with Gasteiger partial charge in [-0.3, -0.25) is 9.59 Å². The first kappa shape index (κ1) is 14.8. The van der Waals surface area contributed by atoms with Crippen LogP contribution in [0.5, 0.6) is 0 Å². The number of amides is 2. The fourth-order valence-electron chi connectivity index (χ4n) is 2.92. The summed E-state index contributed by atoms with van der Waals surface area (Å²) in [7, 11) is 0. The van der Waals surface area contributed by atoms with Crippen LogP contribution >= 0.6 is 11.6 Å². The minimum absolute atomic E-state index is 0.271. The molecule has 0 saturated heterocycles. The highest BCUT2D eigenvalue weighted by Gasteiger charge is 2.38. The fourth-order valence-corrected chi connectivity index (χ4v) is 3.09. The number of fused-ring (bicyclic) bond motifs is 1. The van der Waals surface area contributed by atoms with Crippen molar-refractivity contribution in [3.8, 4) is 0 Å². The van der Waals surface area contributed by atoms with E-state index >= 15 is 0 Å². The third kappa shape index (κ3) is 2.13. The fraction of sp³-hybridized carbons (Fsp3) is 0.222. The minimum Gasteiger partial charge on any atom is -0.268 e. The van der Waals surface area contributed by atoms with Gasteiger partial charge in [0.15, 0.2) is 0 Å². The summed E-state index contributed by atoms with van der Waals surface area (Å²) in [6.45, 7) is 4.04. The van der Waals surface area contributed by atoms with Gasteiger partial charge in [-0.25, -0.2) is 4.90 Å². The van der Waals surface area contributed by atoms with Crippen LogP contribution in [0.3, 0.4) is 0 Å². The molecule has 0 bridgehead atoms. The maximum atomic E-state index is 12.7. The van der Waals surface area contributed by atoms with E-state index in [9.17, 15) is 9.59 Å². The van der Waals surface area contributed by atoms with E-state index in [1.165, 1.54) is 4.90 Å². The van der Waals surface area contributed by atoms with Gasteiger partial charge in [-0.15, -0.1) is 0 Å². The number of para-hydroxylation sites is 1.